The fourth-order valence-electron chi connectivity index (χ4n) is 3.80. The third kappa shape index (κ3) is 4.60. The van der Waals surface area contributed by atoms with Crippen LogP contribution in [-0.4, -0.2) is 35.6 Å². The van der Waals surface area contributed by atoms with Crippen LogP contribution in [0.2, 0.25) is 0 Å². The van der Waals surface area contributed by atoms with Crippen LogP contribution in [0.1, 0.15) is 37.1 Å². The van der Waals surface area contributed by atoms with Crippen LogP contribution in [0.25, 0.3) is 22.6 Å². The predicted octanol–water partition coefficient (Wildman–Crippen LogP) is 2.55. The summed E-state index contributed by atoms with van der Waals surface area (Å²) in [6, 6.07) is 6.89. The van der Waals surface area contributed by atoms with Gasteiger partial charge in [-0.3, -0.25) is 0 Å². The largest absolute Gasteiger partial charge is 0.383 e. The minimum Gasteiger partial charge on any atom is -0.383 e. The molecule has 0 unspecified atom stereocenters. The Balaban J connectivity index is 1.67. The van der Waals surface area contributed by atoms with E-state index < -0.39 is 10.0 Å². The number of pyridine rings is 1. The number of rotatable bonds is 5. The van der Waals surface area contributed by atoms with Crippen molar-refractivity contribution in [2.75, 3.05) is 5.73 Å². The lowest BCUT2D eigenvalue weighted by molar-refractivity contribution is 0.373. The van der Waals surface area contributed by atoms with Crippen LogP contribution in [0.3, 0.4) is 0 Å². The van der Waals surface area contributed by atoms with Crippen LogP contribution in [0.4, 0.5) is 5.82 Å². The molecule has 10 heteroatoms. The molecule has 1 saturated carbocycles. The molecule has 0 saturated heterocycles. The van der Waals surface area contributed by atoms with Gasteiger partial charge in [-0.25, -0.2) is 18.1 Å². The molecule has 0 amide bonds. The molecule has 0 spiro atoms. The molecule has 4 rings (SSSR count). The number of nitrogens with two attached hydrogens (primary N) is 2. The fourth-order valence-corrected chi connectivity index (χ4v) is 5.13. The summed E-state index contributed by atoms with van der Waals surface area (Å²) in [5.74, 6) is 1.01. The lowest BCUT2D eigenvalue weighted by Gasteiger charge is -2.26. The van der Waals surface area contributed by atoms with E-state index in [2.05, 4.69) is 19.8 Å². The van der Waals surface area contributed by atoms with Gasteiger partial charge in [0.15, 0.2) is 5.82 Å². The summed E-state index contributed by atoms with van der Waals surface area (Å²) in [5.41, 5.74) is 14.8. The first-order valence-corrected chi connectivity index (χ1v) is 11.7. The quantitative estimate of drug-likeness (QED) is 0.545. The van der Waals surface area contributed by atoms with E-state index >= 15 is 0 Å². The predicted molar refractivity (Wildman–Crippen MR) is 117 cm³/mol. The lowest BCUT2D eigenvalue weighted by atomic mass is 9.93. The van der Waals surface area contributed by atoms with Gasteiger partial charge in [-0.1, -0.05) is 11.2 Å². The normalized spacial score (nSPS) is 19.5. The monoisotopic (exact) mass is 442 g/mol. The van der Waals surface area contributed by atoms with Crippen LogP contribution in [-0.2, 0) is 10.0 Å². The zero-order chi connectivity index (χ0) is 22.2. The van der Waals surface area contributed by atoms with E-state index in [0.29, 0.717) is 17.0 Å². The molecule has 1 fully saturated rings. The standard InChI is InChI=1S/C21H26N6O3S/c1-12-3-8-17(31(28,29)27-16-6-4-15(22)5-7-16)10-18(12)14-9-19(20(23)24-11-14)21-25-13(2)26-30-21/h3,8-11,15-16,27H,4-7,22H2,1-2H3,(H2,23,24)/t15-,16-. The molecule has 5 N–H and O–H groups in total. The summed E-state index contributed by atoms with van der Waals surface area (Å²) in [5, 5.41) is 3.80. The Morgan fingerprint density at radius 1 is 1.10 bits per heavy atom. The fraction of sp³-hybridized carbons (Fsp3) is 0.381. The Labute approximate surface area is 181 Å². The number of aryl methyl sites for hydroxylation is 2. The second-order valence-corrected chi connectivity index (χ2v) is 9.73. The van der Waals surface area contributed by atoms with Crippen LogP contribution >= 0.6 is 0 Å². The number of nitrogen functional groups attached to an aromatic ring is 1. The van der Waals surface area contributed by atoms with Crippen LogP contribution in [0.15, 0.2) is 39.9 Å². The average Bonchev–Trinajstić information content (AvgIpc) is 3.16. The second kappa shape index (κ2) is 8.37. The summed E-state index contributed by atoms with van der Waals surface area (Å²) in [6.07, 6.45) is 4.74. The molecule has 9 nitrogen and oxygen atoms in total. The van der Waals surface area contributed by atoms with Crippen molar-refractivity contribution in [2.45, 2.75) is 56.5 Å². The molecule has 0 radical (unpaired) electrons. The number of aromatic nitrogens is 3. The van der Waals surface area contributed by atoms with E-state index in [1.165, 1.54) is 0 Å². The van der Waals surface area contributed by atoms with Gasteiger partial charge in [0.05, 0.1) is 10.5 Å². The topological polar surface area (TPSA) is 150 Å². The van der Waals surface area contributed by atoms with Gasteiger partial charge >= 0.3 is 0 Å². The number of sulfonamides is 1. The van der Waals surface area contributed by atoms with Crippen LogP contribution in [0.5, 0.6) is 0 Å². The summed E-state index contributed by atoms with van der Waals surface area (Å²) in [6.45, 7) is 3.63. The first-order valence-electron chi connectivity index (χ1n) is 10.2. The second-order valence-electron chi connectivity index (χ2n) is 8.01. The summed E-state index contributed by atoms with van der Waals surface area (Å²) in [4.78, 5) is 8.67. The first-order chi connectivity index (χ1) is 14.7. The molecular formula is C21H26N6O3S. The lowest BCUT2D eigenvalue weighted by Crippen LogP contribution is -2.40. The van der Waals surface area contributed by atoms with Crippen molar-refractivity contribution in [3.8, 4) is 22.6 Å². The van der Waals surface area contributed by atoms with Gasteiger partial charge in [-0.05, 0) is 68.9 Å². The Morgan fingerprint density at radius 3 is 2.52 bits per heavy atom. The Kier molecular flexibility index (Phi) is 5.78. The average molecular weight is 443 g/mol. The maximum absolute atomic E-state index is 13.0. The van der Waals surface area contributed by atoms with Crippen molar-refractivity contribution < 1.29 is 12.9 Å². The Morgan fingerprint density at radius 2 is 1.84 bits per heavy atom. The number of benzene rings is 1. The minimum absolute atomic E-state index is 0.0971. The van der Waals surface area contributed by atoms with Crippen LogP contribution in [0, 0.1) is 13.8 Å². The van der Waals surface area contributed by atoms with E-state index in [0.717, 1.165) is 36.8 Å². The van der Waals surface area contributed by atoms with E-state index in [9.17, 15) is 8.42 Å². The molecule has 31 heavy (non-hydrogen) atoms. The van der Waals surface area contributed by atoms with Gasteiger partial charge in [0.2, 0.25) is 10.0 Å². The van der Waals surface area contributed by atoms with E-state index in [-0.39, 0.29) is 28.7 Å². The molecule has 1 aromatic carbocycles. The molecule has 0 aliphatic heterocycles. The van der Waals surface area contributed by atoms with Gasteiger partial charge in [-0.15, -0.1) is 0 Å². The van der Waals surface area contributed by atoms with Gasteiger partial charge in [0.1, 0.15) is 5.82 Å². The zero-order valence-corrected chi connectivity index (χ0v) is 18.3. The van der Waals surface area contributed by atoms with Crippen molar-refractivity contribution in [2.24, 2.45) is 5.73 Å². The summed E-state index contributed by atoms with van der Waals surface area (Å²) in [7, 11) is -3.67. The smallest absolute Gasteiger partial charge is 0.261 e. The van der Waals surface area contributed by atoms with Gasteiger partial charge in [-0.2, -0.15) is 4.98 Å². The van der Waals surface area contributed by atoms with E-state index in [1.54, 1.807) is 37.4 Å². The maximum atomic E-state index is 13.0. The third-order valence-corrected chi connectivity index (χ3v) is 7.12. The molecule has 164 valence electrons. The molecule has 0 atom stereocenters. The zero-order valence-electron chi connectivity index (χ0n) is 17.5. The van der Waals surface area contributed by atoms with Gasteiger partial charge in [0, 0.05) is 23.8 Å². The summed E-state index contributed by atoms with van der Waals surface area (Å²) >= 11 is 0. The van der Waals surface area contributed by atoms with Crippen molar-refractivity contribution >= 4 is 15.8 Å². The van der Waals surface area contributed by atoms with Gasteiger partial charge in [0.25, 0.3) is 5.89 Å². The van der Waals surface area contributed by atoms with E-state index in [1.807, 2.05) is 6.92 Å². The molecule has 1 aliphatic carbocycles. The van der Waals surface area contributed by atoms with E-state index in [4.69, 9.17) is 16.0 Å². The first kappa shape index (κ1) is 21.4. The van der Waals surface area contributed by atoms with Crippen molar-refractivity contribution in [1.29, 1.82) is 0 Å². The van der Waals surface area contributed by atoms with Gasteiger partial charge < -0.3 is 16.0 Å². The van der Waals surface area contributed by atoms with Crippen molar-refractivity contribution in [1.82, 2.24) is 19.8 Å². The maximum Gasteiger partial charge on any atom is 0.261 e. The highest BCUT2D eigenvalue weighted by Crippen LogP contribution is 2.32. The highest BCUT2D eigenvalue weighted by molar-refractivity contribution is 7.89. The van der Waals surface area contributed by atoms with Crippen molar-refractivity contribution in [3.05, 3.63) is 41.9 Å². The minimum atomic E-state index is -3.67. The molecule has 3 aromatic rings. The molecule has 2 aromatic heterocycles. The number of hydrogen-bond acceptors (Lipinski definition) is 8. The Hall–Kier alpha value is -2.82. The number of nitrogens with zero attached hydrogens (tertiary/aromatic N) is 3. The molecular weight excluding hydrogens is 416 g/mol. The third-order valence-electron chi connectivity index (χ3n) is 5.60. The van der Waals surface area contributed by atoms with Crippen LogP contribution < -0.4 is 16.2 Å². The van der Waals surface area contributed by atoms with Crippen molar-refractivity contribution in [3.63, 3.8) is 0 Å². The SMILES string of the molecule is Cc1noc(-c2cc(-c3cc(S(=O)(=O)N[C@H]4CC[C@H](N)CC4)ccc3C)cnc2N)n1. The number of anilines is 1. The number of nitrogens with one attached hydrogen (secondary N) is 1. The highest BCUT2D eigenvalue weighted by Gasteiger charge is 2.25. The highest BCUT2D eigenvalue weighted by atomic mass is 32.2. The summed E-state index contributed by atoms with van der Waals surface area (Å²) < 4.78 is 34.1. The Bertz CT molecular complexity index is 1200. The molecule has 2 heterocycles. The molecule has 0 bridgehead atoms. The molecule has 1 aliphatic rings. The number of hydrogen-bond donors (Lipinski definition) is 3.